The van der Waals surface area contributed by atoms with Crippen LogP contribution in [-0.4, -0.2) is 51.3 Å². The van der Waals surface area contributed by atoms with Gasteiger partial charge in [-0.2, -0.15) is 0 Å². The van der Waals surface area contributed by atoms with Gasteiger partial charge in [0.2, 0.25) is 5.91 Å². The van der Waals surface area contributed by atoms with Crippen LogP contribution >= 0.6 is 11.6 Å². The number of halogens is 2. The lowest BCUT2D eigenvalue weighted by atomic mass is 10.1. The van der Waals surface area contributed by atoms with Gasteiger partial charge in [0.05, 0.1) is 17.8 Å². The number of aromatic nitrogens is 2. The number of amides is 1. The van der Waals surface area contributed by atoms with Gasteiger partial charge in [-0.25, -0.2) is 9.37 Å². The van der Waals surface area contributed by atoms with Crippen molar-refractivity contribution in [2.45, 2.75) is 13.0 Å². The molecule has 2 aromatic heterocycles. The summed E-state index contributed by atoms with van der Waals surface area (Å²) in [5, 5.41) is 0.700. The number of imidazole rings is 1. The van der Waals surface area contributed by atoms with Gasteiger partial charge in [-0.1, -0.05) is 41.9 Å². The van der Waals surface area contributed by atoms with Gasteiger partial charge in [0.15, 0.2) is 0 Å². The highest BCUT2D eigenvalue weighted by molar-refractivity contribution is 6.30. The molecule has 33 heavy (non-hydrogen) atoms. The van der Waals surface area contributed by atoms with Crippen molar-refractivity contribution in [1.82, 2.24) is 19.2 Å². The Kier molecular flexibility index (Phi) is 6.11. The van der Waals surface area contributed by atoms with E-state index in [1.807, 2.05) is 53.6 Å². The van der Waals surface area contributed by atoms with E-state index in [4.69, 9.17) is 16.6 Å². The third kappa shape index (κ3) is 4.77. The zero-order valence-electron chi connectivity index (χ0n) is 18.1. The third-order valence-electron chi connectivity index (χ3n) is 6.11. The van der Waals surface area contributed by atoms with Gasteiger partial charge < -0.3 is 9.30 Å². The first-order valence-electron chi connectivity index (χ1n) is 11.0. The van der Waals surface area contributed by atoms with E-state index < -0.39 is 0 Å². The van der Waals surface area contributed by atoms with Crippen molar-refractivity contribution in [2.24, 2.45) is 0 Å². The highest BCUT2D eigenvalue weighted by Crippen LogP contribution is 2.27. The van der Waals surface area contributed by atoms with Gasteiger partial charge in [-0.05, 0) is 42.0 Å². The molecule has 168 valence electrons. The van der Waals surface area contributed by atoms with Crippen LogP contribution in [0.25, 0.3) is 16.9 Å². The van der Waals surface area contributed by atoms with Gasteiger partial charge in [0, 0.05) is 49.5 Å². The summed E-state index contributed by atoms with van der Waals surface area (Å²) in [5.41, 5.74) is 4.85. The Morgan fingerprint density at radius 1 is 0.939 bits per heavy atom. The molecule has 1 aliphatic heterocycles. The van der Waals surface area contributed by atoms with Gasteiger partial charge in [0.25, 0.3) is 0 Å². The van der Waals surface area contributed by atoms with E-state index in [-0.39, 0.29) is 11.7 Å². The van der Waals surface area contributed by atoms with Crippen molar-refractivity contribution in [2.75, 3.05) is 26.2 Å². The monoisotopic (exact) mass is 462 g/mol. The molecular weight excluding hydrogens is 439 g/mol. The maximum Gasteiger partial charge on any atom is 0.227 e. The normalized spacial score (nSPS) is 14.7. The van der Waals surface area contributed by atoms with E-state index in [0.29, 0.717) is 24.5 Å². The number of carbonyl (C=O) groups is 1. The SMILES string of the molecule is O=C(Cc1ccc(F)cc1)N1CCN(Cc2c(-c3ccc(Cl)cc3)nc3ccccn23)CC1. The zero-order chi connectivity index (χ0) is 22.8. The smallest absolute Gasteiger partial charge is 0.227 e. The number of piperazine rings is 1. The van der Waals surface area contributed by atoms with E-state index >= 15 is 0 Å². The number of hydrogen-bond acceptors (Lipinski definition) is 3. The van der Waals surface area contributed by atoms with Crippen molar-refractivity contribution < 1.29 is 9.18 Å². The summed E-state index contributed by atoms with van der Waals surface area (Å²) >= 11 is 6.09. The number of fused-ring (bicyclic) bond motifs is 1. The lowest BCUT2D eigenvalue weighted by Crippen LogP contribution is -2.48. The molecular formula is C26H24ClFN4O. The van der Waals surface area contributed by atoms with Crippen LogP contribution in [0.1, 0.15) is 11.3 Å². The van der Waals surface area contributed by atoms with Crippen LogP contribution in [-0.2, 0) is 17.8 Å². The fourth-order valence-corrected chi connectivity index (χ4v) is 4.42. The molecule has 4 aromatic rings. The summed E-state index contributed by atoms with van der Waals surface area (Å²) in [6.07, 6.45) is 2.34. The molecule has 2 aromatic carbocycles. The number of nitrogens with zero attached hydrogens (tertiary/aromatic N) is 4. The summed E-state index contributed by atoms with van der Waals surface area (Å²) in [5.74, 6) is -0.205. The maximum absolute atomic E-state index is 13.1. The molecule has 5 nitrogen and oxygen atoms in total. The van der Waals surface area contributed by atoms with Crippen LogP contribution < -0.4 is 0 Å². The second-order valence-corrected chi connectivity index (χ2v) is 8.74. The Morgan fingerprint density at radius 2 is 1.67 bits per heavy atom. The number of rotatable bonds is 5. The average Bonchev–Trinajstić information content (AvgIpc) is 3.20. The average molecular weight is 463 g/mol. The molecule has 1 fully saturated rings. The minimum Gasteiger partial charge on any atom is -0.340 e. The first-order chi connectivity index (χ1) is 16.1. The summed E-state index contributed by atoms with van der Waals surface area (Å²) in [6, 6.07) is 19.9. The molecule has 0 radical (unpaired) electrons. The largest absolute Gasteiger partial charge is 0.340 e. The third-order valence-corrected chi connectivity index (χ3v) is 6.37. The second-order valence-electron chi connectivity index (χ2n) is 8.30. The molecule has 0 aliphatic carbocycles. The van der Waals surface area contributed by atoms with Gasteiger partial charge >= 0.3 is 0 Å². The first kappa shape index (κ1) is 21.6. The van der Waals surface area contributed by atoms with Crippen LogP contribution in [0.15, 0.2) is 72.9 Å². The topological polar surface area (TPSA) is 40.9 Å². The molecule has 7 heteroatoms. The van der Waals surface area contributed by atoms with E-state index in [9.17, 15) is 9.18 Å². The van der Waals surface area contributed by atoms with Gasteiger partial charge in [-0.3, -0.25) is 9.69 Å². The highest BCUT2D eigenvalue weighted by Gasteiger charge is 2.23. The maximum atomic E-state index is 13.1. The quantitative estimate of drug-likeness (QED) is 0.432. The Hall–Kier alpha value is -3.22. The molecule has 0 saturated carbocycles. The Bertz CT molecular complexity index is 1260. The van der Waals surface area contributed by atoms with Crippen molar-refractivity contribution in [3.8, 4) is 11.3 Å². The number of hydrogen-bond donors (Lipinski definition) is 0. The molecule has 0 unspecified atom stereocenters. The van der Waals surface area contributed by atoms with E-state index in [2.05, 4.69) is 9.30 Å². The molecule has 5 rings (SSSR count). The van der Waals surface area contributed by atoms with E-state index in [1.165, 1.54) is 12.1 Å². The van der Waals surface area contributed by atoms with Crippen LogP contribution in [0.5, 0.6) is 0 Å². The first-order valence-corrected chi connectivity index (χ1v) is 11.4. The molecule has 0 bridgehead atoms. The Labute approximate surface area is 197 Å². The predicted molar refractivity (Wildman–Crippen MR) is 128 cm³/mol. The standard InChI is InChI=1S/C26H24ClFN4O/c27-21-8-6-20(7-9-21)26-23(32-12-2-1-3-24(32)29-26)18-30-13-15-31(16-14-30)25(33)17-19-4-10-22(28)11-5-19/h1-12H,13-18H2. The van der Waals surface area contributed by atoms with Gasteiger partial charge in [0.1, 0.15) is 11.5 Å². The van der Waals surface area contributed by atoms with Crippen molar-refractivity contribution in [3.05, 3.63) is 95.0 Å². The molecule has 1 aliphatic rings. The predicted octanol–water partition coefficient (Wildman–Crippen LogP) is 4.68. The molecule has 1 saturated heterocycles. The molecule has 3 heterocycles. The van der Waals surface area contributed by atoms with Crippen LogP contribution in [0.4, 0.5) is 4.39 Å². The van der Waals surface area contributed by atoms with E-state index in [1.54, 1.807) is 12.1 Å². The van der Waals surface area contributed by atoms with Crippen LogP contribution in [0.2, 0.25) is 5.02 Å². The lowest BCUT2D eigenvalue weighted by Gasteiger charge is -2.34. The second kappa shape index (κ2) is 9.33. The summed E-state index contributed by atoms with van der Waals surface area (Å²) in [7, 11) is 0. The zero-order valence-corrected chi connectivity index (χ0v) is 18.9. The fourth-order valence-electron chi connectivity index (χ4n) is 4.29. The minimum atomic E-state index is -0.287. The van der Waals surface area contributed by atoms with Gasteiger partial charge in [-0.15, -0.1) is 0 Å². The lowest BCUT2D eigenvalue weighted by molar-refractivity contribution is -0.132. The summed E-state index contributed by atoms with van der Waals surface area (Å²) < 4.78 is 15.3. The summed E-state index contributed by atoms with van der Waals surface area (Å²) in [4.78, 5) is 21.8. The number of pyridine rings is 1. The summed E-state index contributed by atoms with van der Waals surface area (Å²) in [6.45, 7) is 3.66. The van der Waals surface area contributed by atoms with Crippen molar-refractivity contribution in [1.29, 1.82) is 0 Å². The minimum absolute atomic E-state index is 0.0814. The van der Waals surface area contributed by atoms with E-state index in [0.717, 1.165) is 47.8 Å². The van der Waals surface area contributed by atoms with Crippen LogP contribution in [0, 0.1) is 5.82 Å². The highest BCUT2D eigenvalue weighted by atomic mass is 35.5. The Morgan fingerprint density at radius 3 is 2.39 bits per heavy atom. The molecule has 0 N–H and O–H groups in total. The van der Waals surface area contributed by atoms with Crippen molar-refractivity contribution in [3.63, 3.8) is 0 Å². The Balaban J connectivity index is 1.29. The number of benzene rings is 2. The number of carbonyl (C=O) groups excluding carboxylic acids is 1. The van der Waals surface area contributed by atoms with Crippen LogP contribution in [0.3, 0.4) is 0 Å². The molecule has 1 amide bonds. The van der Waals surface area contributed by atoms with Crippen molar-refractivity contribution >= 4 is 23.2 Å². The molecule has 0 atom stereocenters. The molecule has 0 spiro atoms. The fraction of sp³-hybridized carbons (Fsp3) is 0.231.